The van der Waals surface area contributed by atoms with Gasteiger partial charge in [-0.1, -0.05) is 24.6 Å². The Labute approximate surface area is 110 Å². The van der Waals surface area contributed by atoms with Gasteiger partial charge in [-0.15, -0.1) is 0 Å². The molecule has 0 aromatic heterocycles. The van der Waals surface area contributed by atoms with E-state index in [4.69, 9.17) is 5.73 Å². The summed E-state index contributed by atoms with van der Waals surface area (Å²) in [7, 11) is -3.44. The van der Waals surface area contributed by atoms with Gasteiger partial charge in [-0.05, 0) is 32.4 Å². The molecule has 0 radical (unpaired) electrons. The van der Waals surface area contributed by atoms with Crippen LogP contribution in [0, 0.1) is 6.92 Å². The van der Waals surface area contributed by atoms with E-state index in [1.807, 2.05) is 32.9 Å². The lowest BCUT2D eigenvalue weighted by Crippen LogP contribution is -2.41. The largest absolute Gasteiger partial charge is 0.329 e. The summed E-state index contributed by atoms with van der Waals surface area (Å²) in [5.74, 6) is 0. The first-order valence-corrected chi connectivity index (χ1v) is 7.66. The zero-order chi connectivity index (χ0) is 13.8. The van der Waals surface area contributed by atoms with Gasteiger partial charge in [0.25, 0.3) is 0 Å². The molecule has 0 bridgehead atoms. The van der Waals surface area contributed by atoms with Crippen LogP contribution in [0.5, 0.6) is 0 Å². The molecule has 0 saturated carbocycles. The van der Waals surface area contributed by atoms with Crippen molar-refractivity contribution in [2.45, 2.75) is 38.1 Å². The summed E-state index contributed by atoms with van der Waals surface area (Å²) in [5, 5.41) is 0. The normalized spacial score (nSPS) is 13.8. The third-order valence-electron chi connectivity index (χ3n) is 3.06. The van der Waals surface area contributed by atoms with E-state index in [-0.39, 0.29) is 6.04 Å². The maximum absolute atomic E-state index is 12.5. The van der Waals surface area contributed by atoms with Gasteiger partial charge in [-0.25, -0.2) is 8.42 Å². The number of rotatable bonds is 6. The van der Waals surface area contributed by atoms with Crippen molar-refractivity contribution in [2.75, 3.05) is 13.1 Å². The summed E-state index contributed by atoms with van der Waals surface area (Å²) in [4.78, 5) is 0.335. The summed E-state index contributed by atoms with van der Waals surface area (Å²) >= 11 is 0. The summed E-state index contributed by atoms with van der Waals surface area (Å²) in [6, 6.07) is 6.88. The molecule has 0 spiro atoms. The first-order valence-electron chi connectivity index (χ1n) is 6.22. The predicted octanol–water partition coefficient (Wildman–Crippen LogP) is 1.74. The fourth-order valence-electron chi connectivity index (χ4n) is 1.75. The van der Waals surface area contributed by atoms with Crippen LogP contribution in [0.1, 0.15) is 25.8 Å². The van der Waals surface area contributed by atoms with E-state index in [9.17, 15) is 8.42 Å². The highest BCUT2D eigenvalue weighted by Gasteiger charge is 2.27. The van der Waals surface area contributed by atoms with Crippen LogP contribution in [0.2, 0.25) is 0 Å². The van der Waals surface area contributed by atoms with E-state index in [2.05, 4.69) is 0 Å². The molecule has 0 heterocycles. The molecular formula is C13H22N2O2S. The van der Waals surface area contributed by atoms with Gasteiger partial charge in [0.2, 0.25) is 10.0 Å². The van der Waals surface area contributed by atoms with Crippen LogP contribution in [-0.2, 0) is 10.0 Å². The molecule has 1 aromatic carbocycles. The van der Waals surface area contributed by atoms with Crippen molar-refractivity contribution in [2.24, 2.45) is 5.73 Å². The minimum atomic E-state index is -3.44. The molecule has 0 fully saturated rings. The van der Waals surface area contributed by atoms with Gasteiger partial charge < -0.3 is 5.73 Å². The number of hydrogen-bond acceptors (Lipinski definition) is 3. The zero-order valence-electron chi connectivity index (χ0n) is 11.3. The van der Waals surface area contributed by atoms with Crippen LogP contribution in [0.25, 0.3) is 0 Å². The van der Waals surface area contributed by atoms with Gasteiger partial charge >= 0.3 is 0 Å². The van der Waals surface area contributed by atoms with Crippen molar-refractivity contribution in [3.63, 3.8) is 0 Å². The molecule has 0 amide bonds. The topological polar surface area (TPSA) is 63.4 Å². The molecule has 1 atom stereocenters. The molecule has 5 heteroatoms. The molecule has 102 valence electrons. The Balaban J connectivity index is 3.12. The maximum atomic E-state index is 12.5. The lowest BCUT2D eigenvalue weighted by Gasteiger charge is -2.27. The Morgan fingerprint density at radius 2 is 1.83 bits per heavy atom. The van der Waals surface area contributed by atoms with E-state index in [0.717, 1.165) is 12.0 Å². The lowest BCUT2D eigenvalue weighted by atomic mass is 10.2. The van der Waals surface area contributed by atoms with Crippen LogP contribution in [-0.4, -0.2) is 31.9 Å². The van der Waals surface area contributed by atoms with Crippen molar-refractivity contribution in [1.29, 1.82) is 0 Å². The highest BCUT2D eigenvalue weighted by molar-refractivity contribution is 7.89. The van der Waals surface area contributed by atoms with Crippen molar-refractivity contribution < 1.29 is 8.42 Å². The molecule has 0 aliphatic heterocycles. The Kier molecular flexibility index (Phi) is 5.31. The minimum Gasteiger partial charge on any atom is -0.329 e. The van der Waals surface area contributed by atoms with E-state index in [1.165, 1.54) is 4.31 Å². The van der Waals surface area contributed by atoms with Crippen molar-refractivity contribution >= 4 is 10.0 Å². The molecule has 1 unspecified atom stereocenters. The summed E-state index contributed by atoms with van der Waals surface area (Å²) in [6.45, 7) is 6.49. The highest BCUT2D eigenvalue weighted by atomic mass is 32.2. The van der Waals surface area contributed by atoms with Gasteiger partial charge in [-0.2, -0.15) is 4.31 Å². The van der Waals surface area contributed by atoms with Crippen molar-refractivity contribution in [3.05, 3.63) is 29.8 Å². The number of aryl methyl sites for hydroxylation is 1. The van der Waals surface area contributed by atoms with E-state index in [0.29, 0.717) is 18.0 Å². The average molecular weight is 270 g/mol. The summed E-state index contributed by atoms with van der Waals surface area (Å²) < 4.78 is 26.5. The third kappa shape index (κ3) is 3.31. The second-order valence-electron chi connectivity index (χ2n) is 4.47. The Morgan fingerprint density at radius 3 is 2.28 bits per heavy atom. The average Bonchev–Trinajstić information content (AvgIpc) is 2.35. The number of hydrogen-bond donors (Lipinski definition) is 1. The van der Waals surface area contributed by atoms with Gasteiger partial charge in [0.05, 0.1) is 4.90 Å². The molecule has 4 nitrogen and oxygen atoms in total. The molecule has 2 N–H and O–H groups in total. The van der Waals surface area contributed by atoms with Gasteiger partial charge in [0.15, 0.2) is 0 Å². The smallest absolute Gasteiger partial charge is 0.243 e. The van der Waals surface area contributed by atoms with Gasteiger partial charge in [0, 0.05) is 19.1 Å². The SMILES string of the molecule is CCC(C)N(CCN)S(=O)(=O)c1ccc(C)cc1. The second-order valence-corrected chi connectivity index (χ2v) is 6.37. The number of sulfonamides is 1. The Morgan fingerprint density at radius 1 is 1.28 bits per heavy atom. The fourth-order valence-corrected chi connectivity index (χ4v) is 3.47. The number of benzene rings is 1. The standard InChI is InChI=1S/C13H22N2O2S/c1-4-12(3)15(10-9-14)18(16,17)13-7-5-11(2)6-8-13/h5-8,12H,4,9-10,14H2,1-3H3. The van der Waals surface area contributed by atoms with Gasteiger partial charge in [0.1, 0.15) is 0 Å². The first kappa shape index (κ1) is 15.1. The number of nitrogens with two attached hydrogens (primary N) is 1. The van der Waals surface area contributed by atoms with Crippen LogP contribution in [0.3, 0.4) is 0 Å². The highest BCUT2D eigenvalue weighted by Crippen LogP contribution is 2.19. The fraction of sp³-hybridized carbons (Fsp3) is 0.538. The van der Waals surface area contributed by atoms with Crippen molar-refractivity contribution in [3.8, 4) is 0 Å². The monoisotopic (exact) mass is 270 g/mol. The van der Waals surface area contributed by atoms with Gasteiger partial charge in [-0.3, -0.25) is 0 Å². The van der Waals surface area contributed by atoms with E-state index in [1.54, 1.807) is 12.1 Å². The molecule has 0 aliphatic carbocycles. The molecule has 0 aliphatic rings. The minimum absolute atomic E-state index is 0.0418. The van der Waals surface area contributed by atoms with Crippen LogP contribution < -0.4 is 5.73 Å². The van der Waals surface area contributed by atoms with Crippen LogP contribution >= 0.6 is 0 Å². The van der Waals surface area contributed by atoms with Crippen molar-refractivity contribution in [1.82, 2.24) is 4.31 Å². The number of nitrogens with zero attached hydrogens (tertiary/aromatic N) is 1. The second kappa shape index (κ2) is 6.31. The molecular weight excluding hydrogens is 248 g/mol. The predicted molar refractivity (Wildman–Crippen MR) is 73.9 cm³/mol. The first-order chi connectivity index (χ1) is 8.43. The molecule has 18 heavy (non-hydrogen) atoms. The quantitative estimate of drug-likeness (QED) is 0.856. The van der Waals surface area contributed by atoms with Crippen LogP contribution in [0.15, 0.2) is 29.2 Å². The third-order valence-corrected chi connectivity index (χ3v) is 5.09. The maximum Gasteiger partial charge on any atom is 0.243 e. The Hall–Kier alpha value is -0.910. The molecule has 1 aromatic rings. The summed E-state index contributed by atoms with van der Waals surface area (Å²) in [5.41, 5.74) is 6.56. The van der Waals surface area contributed by atoms with E-state index >= 15 is 0 Å². The Bertz CT molecular complexity index is 468. The summed E-state index contributed by atoms with van der Waals surface area (Å²) in [6.07, 6.45) is 0.769. The zero-order valence-corrected chi connectivity index (χ0v) is 12.1. The lowest BCUT2D eigenvalue weighted by molar-refractivity contribution is 0.335. The van der Waals surface area contributed by atoms with Crippen LogP contribution in [0.4, 0.5) is 0 Å². The molecule has 0 saturated heterocycles. The molecule has 1 rings (SSSR count). The van der Waals surface area contributed by atoms with E-state index < -0.39 is 10.0 Å².